The predicted octanol–water partition coefficient (Wildman–Crippen LogP) is 4.57. The zero-order chi connectivity index (χ0) is 22.5. The maximum Gasteiger partial charge on any atom is 0.258 e. The van der Waals surface area contributed by atoms with Gasteiger partial charge in [0.05, 0.1) is 26.3 Å². The smallest absolute Gasteiger partial charge is 0.258 e. The summed E-state index contributed by atoms with van der Waals surface area (Å²) in [5.74, 6) is 3.02. The van der Waals surface area contributed by atoms with E-state index in [1.54, 1.807) is 26.4 Å². The summed E-state index contributed by atoms with van der Waals surface area (Å²) in [5.41, 5.74) is 2.78. The Balaban J connectivity index is 1.49. The molecule has 1 unspecified atom stereocenters. The van der Waals surface area contributed by atoms with Crippen LogP contribution in [0.1, 0.15) is 29.3 Å². The molecule has 6 heteroatoms. The second-order valence-electron chi connectivity index (χ2n) is 8.03. The number of benzene rings is 2. The molecule has 1 aliphatic heterocycles. The number of carbonyl (C=O) groups is 1. The topological polar surface area (TPSA) is 57.2 Å². The van der Waals surface area contributed by atoms with Crippen molar-refractivity contribution in [2.24, 2.45) is 5.92 Å². The van der Waals surface area contributed by atoms with Crippen molar-refractivity contribution in [3.05, 3.63) is 82.8 Å². The molecule has 168 valence electrons. The van der Waals surface area contributed by atoms with Crippen LogP contribution in [0, 0.1) is 5.92 Å². The van der Waals surface area contributed by atoms with E-state index < -0.39 is 0 Å². The van der Waals surface area contributed by atoms with Crippen LogP contribution in [0.25, 0.3) is 0 Å². The van der Waals surface area contributed by atoms with Gasteiger partial charge in [0.1, 0.15) is 30.5 Å². The Kier molecular flexibility index (Phi) is 6.69. The monoisotopic (exact) mass is 435 g/mol. The lowest BCUT2D eigenvalue weighted by atomic mass is 9.90. The Labute approximate surface area is 189 Å². The first-order chi connectivity index (χ1) is 15.6. The third-order valence-corrected chi connectivity index (χ3v) is 5.89. The highest BCUT2D eigenvalue weighted by molar-refractivity contribution is 5.97. The average molecular weight is 436 g/mol. The molecule has 0 fully saturated rings. The van der Waals surface area contributed by atoms with Crippen molar-refractivity contribution in [2.45, 2.75) is 20.0 Å². The summed E-state index contributed by atoms with van der Waals surface area (Å²) in [6.45, 7) is 4.07. The largest absolute Gasteiger partial charge is 0.497 e. The van der Waals surface area contributed by atoms with Gasteiger partial charge < -0.3 is 23.8 Å². The van der Waals surface area contributed by atoms with E-state index in [2.05, 4.69) is 6.92 Å². The van der Waals surface area contributed by atoms with Crippen molar-refractivity contribution < 1.29 is 23.7 Å². The number of allylic oxidation sites excluding steroid dienone is 2. The molecular formula is C26H29NO5. The van der Waals surface area contributed by atoms with E-state index in [1.165, 1.54) is 0 Å². The van der Waals surface area contributed by atoms with Gasteiger partial charge in [0.25, 0.3) is 5.91 Å². The summed E-state index contributed by atoms with van der Waals surface area (Å²) in [4.78, 5) is 15.1. The SMILES string of the molecule is COC1=C(OC)CC(C)C(CN2CCOc3cc(OCc4ccccc4)ccc3C2=O)=C1. The van der Waals surface area contributed by atoms with Gasteiger partial charge in [-0.05, 0) is 35.3 Å². The molecular weight excluding hydrogens is 406 g/mol. The molecule has 1 amide bonds. The van der Waals surface area contributed by atoms with E-state index in [1.807, 2.05) is 47.4 Å². The molecule has 6 nitrogen and oxygen atoms in total. The van der Waals surface area contributed by atoms with Gasteiger partial charge in [0.2, 0.25) is 0 Å². The highest BCUT2D eigenvalue weighted by Gasteiger charge is 2.28. The standard InChI is InChI=1S/C26H29NO5/c1-18-13-24(29-2)25(30-3)14-20(18)16-27-11-12-31-23-15-21(9-10-22(23)26(27)28)32-17-19-7-5-4-6-8-19/h4-10,14-15,18H,11-13,16-17H2,1-3H3. The van der Waals surface area contributed by atoms with Crippen LogP contribution >= 0.6 is 0 Å². The highest BCUT2D eigenvalue weighted by atomic mass is 16.5. The molecule has 1 atom stereocenters. The molecule has 0 saturated heterocycles. The molecule has 0 N–H and O–H groups in total. The van der Waals surface area contributed by atoms with Crippen molar-refractivity contribution in [1.82, 2.24) is 4.90 Å². The quantitative estimate of drug-likeness (QED) is 0.638. The van der Waals surface area contributed by atoms with Crippen molar-refractivity contribution in [3.8, 4) is 11.5 Å². The van der Waals surface area contributed by atoms with Gasteiger partial charge >= 0.3 is 0 Å². The summed E-state index contributed by atoms with van der Waals surface area (Å²) in [6, 6.07) is 15.4. The number of rotatable bonds is 7. The molecule has 0 saturated carbocycles. The lowest BCUT2D eigenvalue weighted by Gasteiger charge is -2.28. The number of carbonyl (C=O) groups excluding carboxylic acids is 1. The van der Waals surface area contributed by atoms with E-state index in [0.717, 1.165) is 29.1 Å². The number of ether oxygens (including phenoxy) is 4. The molecule has 1 aliphatic carbocycles. The van der Waals surface area contributed by atoms with Crippen molar-refractivity contribution >= 4 is 5.91 Å². The summed E-state index contributed by atoms with van der Waals surface area (Å²) in [7, 11) is 3.29. The van der Waals surface area contributed by atoms with Crippen LogP contribution in [0.5, 0.6) is 11.5 Å². The fraction of sp³-hybridized carbons (Fsp3) is 0.346. The summed E-state index contributed by atoms with van der Waals surface area (Å²) < 4.78 is 22.7. The first kappa shape index (κ1) is 21.8. The van der Waals surface area contributed by atoms with Crippen LogP contribution in [-0.4, -0.2) is 44.7 Å². The molecule has 0 bridgehead atoms. The van der Waals surface area contributed by atoms with Gasteiger partial charge in [-0.1, -0.05) is 37.3 Å². The zero-order valence-electron chi connectivity index (χ0n) is 18.8. The van der Waals surface area contributed by atoms with E-state index in [0.29, 0.717) is 43.4 Å². The van der Waals surface area contributed by atoms with Gasteiger partial charge in [-0.15, -0.1) is 0 Å². The van der Waals surface area contributed by atoms with E-state index in [9.17, 15) is 4.79 Å². The fourth-order valence-electron chi connectivity index (χ4n) is 4.00. The van der Waals surface area contributed by atoms with Gasteiger partial charge in [-0.2, -0.15) is 0 Å². The first-order valence-electron chi connectivity index (χ1n) is 10.8. The van der Waals surface area contributed by atoms with Crippen molar-refractivity contribution in [3.63, 3.8) is 0 Å². The van der Waals surface area contributed by atoms with Crippen LogP contribution in [0.2, 0.25) is 0 Å². The molecule has 32 heavy (non-hydrogen) atoms. The molecule has 0 spiro atoms. The van der Waals surface area contributed by atoms with E-state index in [-0.39, 0.29) is 11.8 Å². The molecule has 4 rings (SSSR count). The summed E-state index contributed by atoms with van der Waals surface area (Å²) >= 11 is 0. The number of methoxy groups -OCH3 is 2. The number of hydrogen-bond donors (Lipinski definition) is 0. The summed E-state index contributed by atoms with van der Waals surface area (Å²) in [5, 5.41) is 0. The molecule has 2 aromatic carbocycles. The first-order valence-corrected chi connectivity index (χ1v) is 10.8. The van der Waals surface area contributed by atoms with Crippen LogP contribution < -0.4 is 9.47 Å². The zero-order valence-corrected chi connectivity index (χ0v) is 18.8. The van der Waals surface area contributed by atoms with Gasteiger partial charge in [-0.3, -0.25) is 4.79 Å². The van der Waals surface area contributed by atoms with E-state index >= 15 is 0 Å². The minimum Gasteiger partial charge on any atom is -0.497 e. The van der Waals surface area contributed by atoms with E-state index in [4.69, 9.17) is 18.9 Å². The maximum absolute atomic E-state index is 13.3. The Hall–Kier alpha value is -3.41. The minimum absolute atomic E-state index is 0.0410. The van der Waals surface area contributed by atoms with Gasteiger partial charge in [0, 0.05) is 19.0 Å². The van der Waals surface area contributed by atoms with Crippen molar-refractivity contribution in [1.29, 1.82) is 0 Å². The highest BCUT2D eigenvalue weighted by Crippen LogP contribution is 2.32. The number of amides is 1. The number of fused-ring (bicyclic) bond motifs is 1. The fourth-order valence-corrected chi connectivity index (χ4v) is 4.00. The van der Waals surface area contributed by atoms with Crippen LogP contribution in [-0.2, 0) is 16.1 Å². The third kappa shape index (κ3) is 4.74. The van der Waals surface area contributed by atoms with Crippen LogP contribution in [0.4, 0.5) is 0 Å². The van der Waals surface area contributed by atoms with Crippen molar-refractivity contribution in [2.75, 3.05) is 33.9 Å². The van der Waals surface area contributed by atoms with Crippen LogP contribution in [0.15, 0.2) is 71.7 Å². The predicted molar refractivity (Wildman–Crippen MR) is 122 cm³/mol. The Bertz CT molecular complexity index is 1030. The maximum atomic E-state index is 13.3. The van der Waals surface area contributed by atoms with Gasteiger partial charge in [0.15, 0.2) is 5.76 Å². The molecule has 2 aliphatic rings. The molecule has 0 radical (unpaired) electrons. The number of nitrogens with zero attached hydrogens (tertiary/aromatic N) is 1. The number of hydrogen-bond acceptors (Lipinski definition) is 5. The van der Waals surface area contributed by atoms with Gasteiger partial charge in [-0.25, -0.2) is 0 Å². The summed E-state index contributed by atoms with van der Waals surface area (Å²) in [6.07, 6.45) is 2.75. The Morgan fingerprint density at radius 3 is 2.66 bits per heavy atom. The Morgan fingerprint density at radius 2 is 1.91 bits per heavy atom. The lowest BCUT2D eigenvalue weighted by Crippen LogP contribution is -2.35. The lowest BCUT2D eigenvalue weighted by molar-refractivity contribution is 0.0766. The second kappa shape index (κ2) is 9.81. The Morgan fingerprint density at radius 1 is 1.09 bits per heavy atom. The molecule has 1 heterocycles. The van der Waals surface area contributed by atoms with Crippen LogP contribution in [0.3, 0.4) is 0 Å². The molecule has 2 aromatic rings. The second-order valence-corrected chi connectivity index (χ2v) is 8.03. The average Bonchev–Trinajstić information content (AvgIpc) is 2.97. The minimum atomic E-state index is -0.0410. The normalized spacial score (nSPS) is 18.3. The molecule has 0 aromatic heterocycles. The third-order valence-electron chi connectivity index (χ3n) is 5.89.